The van der Waals surface area contributed by atoms with Crippen LogP contribution in [0.1, 0.15) is 23.7 Å². The molecule has 0 saturated carbocycles. The first-order valence-electron chi connectivity index (χ1n) is 8.58. The molecule has 146 valence electrons. The van der Waals surface area contributed by atoms with Gasteiger partial charge >= 0.3 is 5.97 Å². The molecular formula is C18H21BrN2O6. The quantitative estimate of drug-likeness (QED) is 0.704. The van der Waals surface area contributed by atoms with Gasteiger partial charge in [-0.2, -0.15) is 0 Å². The maximum atomic E-state index is 12.9. The van der Waals surface area contributed by atoms with E-state index >= 15 is 0 Å². The third-order valence-electron chi connectivity index (χ3n) is 4.69. The highest BCUT2D eigenvalue weighted by Crippen LogP contribution is 2.35. The lowest BCUT2D eigenvalue weighted by Crippen LogP contribution is -2.51. The average molecular weight is 441 g/mol. The van der Waals surface area contributed by atoms with Gasteiger partial charge in [0, 0.05) is 16.5 Å². The number of carbonyl (C=O) groups excluding carboxylic acids is 3. The summed E-state index contributed by atoms with van der Waals surface area (Å²) < 4.78 is 16.9. The molecule has 2 fully saturated rings. The molecule has 0 radical (unpaired) electrons. The van der Waals surface area contributed by atoms with Crippen LogP contribution in [0.5, 0.6) is 0 Å². The minimum atomic E-state index is -0.982. The second kappa shape index (κ2) is 7.95. The molecule has 2 amide bonds. The molecule has 2 saturated heterocycles. The first-order valence-corrected chi connectivity index (χ1v) is 9.37. The molecule has 1 N–H and O–H groups in total. The molecule has 9 heteroatoms. The summed E-state index contributed by atoms with van der Waals surface area (Å²) in [6, 6.07) is 5.15. The number of ether oxygens (including phenoxy) is 3. The molecule has 1 spiro atoms. The summed E-state index contributed by atoms with van der Waals surface area (Å²) in [5.74, 6) is -2.29. The van der Waals surface area contributed by atoms with Crippen LogP contribution in [0.4, 0.5) is 0 Å². The van der Waals surface area contributed by atoms with Crippen molar-refractivity contribution in [2.24, 2.45) is 0 Å². The number of likely N-dealkylation sites (tertiary alicyclic amines) is 1. The monoisotopic (exact) mass is 440 g/mol. The van der Waals surface area contributed by atoms with E-state index in [1.54, 1.807) is 31.2 Å². The molecule has 27 heavy (non-hydrogen) atoms. The van der Waals surface area contributed by atoms with E-state index in [1.807, 2.05) is 0 Å². The van der Waals surface area contributed by atoms with Crippen LogP contribution in [0.25, 0.3) is 0 Å². The summed E-state index contributed by atoms with van der Waals surface area (Å²) >= 11 is 3.31. The van der Waals surface area contributed by atoms with Gasteiger partial charge < -0.3 is 24.4 Å². The molecule has 2 heterocycles. The van der Waals surface area contributed by atoms with Crippen LogP contribution in [0, 0.1) is 0 Å². The molecule has 3 rings (SSSR count). The van der Waals surface area contributed by atoms with Gasteiger partial charge in [-0.1, -0.05) is 15.9 Å². The first-order chi connectivity index (χ1) is 12.8. The second-order valence-corrected chi connectivity index (χ2v) is 7.43. The molecular weight excluding hydrogens is 420 g/mol. The van der Waals surface area contributed by atoms with E-state index in [9.17, 15) is 14.4 Å². The summed E-state index contributed by atoms with van der Waals surface area (Å²) in [5, 5.41) is 2.67. The van der Waals surface area contributed by atoms with Crippen molar-refractivity contribution in [3.05, 3.63) is 34.3 Å². The second-order valence-electron chi connectivity index (χ2n) is 6.52. The number of amides is 2. The minimum Gasteiger partial charge on any atom is -0.467 e. The Morgan fingerprint density at radius 1 is 1.26 bits per heavy atom. The number of hydrogen-bond acceptors (Lipinski definition) is 6. The van der Waals surface area contributed by atoms with Crippen molar-refractivity contribution in [3.8, 4) is 0 Å². The lowest BCUT2D eigenvalue weighted by Gasteiger charge is -2.26. The summed E-state index contributed by atoms with van der Waals surface area (Å²) in [7, 11) is 1.27. The van der Waals surface area contributed by atoms with Gasteiger partial charge in [0.25, 0.3) is 5.91 Å². The van der Waals surface area contributed by atoms with Crippen molar-refractivity contribution in [1.82, 2.24) is 10.2 Å². The zero-order valence-corrected chi connectivity index (χ0v) is 16.7. The topological polar surface area (TPSA) is 94.2 Å². The van der Waals surface area contributed by atoms with Crippen LogP contribution in [0.15, 0.2) is 28.7 Å². The lowest BCUT2D eigenvalue weighted by atomic mass is 10.1. The van der Waals surface area contributed by atoms with Gasteiger partial charge in [-0.3, -0.25) is 9.59 Å². The third kappa shape index (κ3) is 4.15. The number of methoxy groups -OCH3 is 1. The Kier molecular flexibility index (Phi) is 5.83. The fourth-order valence-corrected chi connectivity index (χ4v) is 3.58. The number of rotatable bonds is 4. The van der Waals surface area contributed by atoms with Crippen LogP contribution in [0.2, 0.25) is 0 Å². The number of halogens is 1. The SMILES string of the molecule is COC(=O)[C@@H]1CC2(CN1C(=O)[C@H](C)NC(=O)c1ccc(Br)cc1)OCCO2. The number of esters is 1. The predicted molar refractivity (Wildman–Crippen MR) is 97.8 cm³/mol. The average Bonchev–Trinajstić information content (AvgIpc) is 3.28. The van der Waals surface area contributed by atoms with Crippen molar-refractivity contribution in [3.63, 3.8) is 0 Å². The number of benzene rings is 1. The summed E-state index contributed by atoms with van der Waals surface area (Å²) in [4.78, 5) is 38.8. The van der Waals surface area contributed by atoms with Gasteiger partial charge in [0.1, 0.15) is 12.1 Å². The van der Waals surface area contributed by atoms with E-state index in [2.05, 4.69) is 21.2 Å². The Hall–Kier alpha value is -1.97. The Morgan fingerprint density at radius 3 is 2.48 bits per heavy atom. The Balaban J connectivity index is 1.71. The Labute approximate surface area is 165 Å². The predicted octanol–water partition coefficient (Wildman–Crippen LogP) is 1.08. The highest BCUT2D eigenvalue weighted by Gasteiger charge is 2.53. The lowest BCUT2D eigenvalue weighted by molar-refractivity contribution is -0.153. The van der Waals surface area contributed by atoms with Crippen molar-refractivity contribution >= 4 is 33.7 Å². The van der Waals surface area contributed by atoms with Gasteiger partial charge in [-0.15, -0.1) is 0 Å². The van der Waals surface area contributed by atoms with Crippen molar-refractivity contribution < 1.29 is 28.6 Å². The number of nitrogens with one attached hydrogen (secondary N) is 1. The highest BCUT2D eigenvalue weighted by molar-refractivity contribution is 9.10. The largest absolute Gasteiger partial charge is 0.467 e. The van der Waals surface area contributed by atoms with Gasteiger partial charge in [-0.05, 0) is 31.2 Å². The van der Waals surface area contributed by atoms with E-state index in [-0.39, 0.29) is 18.9 Å². The molecule has 0 aromatic heterocycles. The molecule has 0 bridgehead atoms. The summed E-state index contributed by atoms with van der Waals surface area (Å²) in [6.07, 6.45) is 0.207. The standard InChI is InChI=1S/C18H21BrN2O6/c1-11(20-15(22)12-3-5-13(19)6-4-12)16(23)21-10-18(26-7-8-27-18)9-14(21)17(24)25-2/h3-6,11,14H,7-10H2,1-2H3,(H,20,22)/t11-,14-/m0/s1. The van der Waals surface area contributed by atoms with E-state index < -0.39 is 29.7 Å². The first kappa shape index (κ1) is 19.8. The molecule has 2 atom stereocenters. The molecule has 8 nitrogen and oxygen atoms in total. The maximum absolute atomic E-state index is 12.9. The molecule has 1 aromatic rings. The fraction of sp³-hybridized carbons (Fsp3) is 0.500. The number of nitrogens with zero attached hydrogens (tertiary/aromatic N) is 1. The zero-order chi connectivity index (χ0) is 19.6. The van der Waals surface area contributed by atoms with Gasteiger partial charge in [0.15, 0.2) is 5.79 Å². The van der Waals surface area contributed by atoms with Crippen LogP contribution < -0.4 is 5.32 Å². The molecule has 1 aromatic carbocycles. The number of carbonyl (C=O) groups is 3. The summed E-state index contributed by atoms with van der Waals surface area (Å²) in [6.45, 7) is 2.51. The maximum Gasteiger partial charge on any atom is 0.328 e. The van der Waals surface area contributed by atoms with Crippen molar-refractivity contribution in [2.45, 2.75) is 31.2 Å². The molecule has 0 aliphatic carbocycles. The van der Waals surface area contributed by atoms with Crippen LogP contribution in [-0.4, -0.2) is 67.4 Å². The van der Waals surface area contributed by atoms with Gasteiger partial charge in [-0.25, -0.2) is 4.79 Å². The van der Waals surface area contributed by atoms with Gasteiger partial charge in [0.05, 0.1) is 26.9 Å². The van der Waals surface area contributed by atoms with E-state index in [4.69, 9.17) is 14.2 Å². The van der Waals surface area contributed by atoms with E-state index in [1.165, 1.54) is 12.0 Å². The van der Waals surface area contributed by atoms with Crippen LogP contribution >= 0.6 is 15.9 Å². The minimum absolute atomic E-state index is 0.115. The van der Waals surface area contributed by atoms with E-state index in [0.29, 0.717) is 18.8 Å². The zero-order valence-electron chi connectivity index (χ0n) is 15.1. The van der Waals surface area contributed by atoms with Crippen molar-refractivity contribution in [2.75, 3.05) is 26.9 Å². The van der Waals surface area contributed by atoms with Gasteiger partial charge in [0.2, 0.25) is 5.91 Å². The molecule has 2 aliphatic rings. The fourth-order valence-electron chi connectivity index (χ4n) is 3.32. The molecule has 0 unspecified atom stereocenters. The van der Waals surface area contributed by atoms with Crippen molar-refractivity contribution in [1.29, 1.82) is 0 Å². The number of hydrogen-bond donors (Lipinski definition) is 1. The third-order valence-corrected chi connectivity index (χ3v) is 5.21. The smallest absolute Gasteiger partial charge is 0.328 e. The highest BCUT2D eigenvalue weighted by atomic mass is 79.9. The molecule has 2 aliphatic heterocycles. The summed E-state index contributed by atoms with van der Waals surface area (Å²) in [5.41, 5.74) is 0.433. The normalized spacial score (nSPS) is 21.9. The van der Waals surface area contributed by atoms with Crippen LogP contribution in [0.3, 0.4) is 0 Å². The Morgan fingerprint density at radius 2 is 1.89 bits per heavy atom. The Bertz CT molecular complexity index is 732. The van der Waals surface area contributed by atoms with Crippen LogP contribution in [-0.2, 0) is 23.8 Å². The van der Waals surface area contributed by atoms with E-state index in [0.717, 1.165) is 4.47 Å².